The topological polar surface area (TPSA) is 64.9 Å². The lowest BCUT2D eigenvalue weighted by Gasteiger charge is -2.13. The number of methoxy groups -OCH3 is 1. The van der Waals surface area contributed by atoms with Gasteiger partial charge in [0.15, 0.2) is 16.5 Å². The number of nitrogens with one attached hydrogen (secondary N) is 1. The van der Waals surface area contributed by atoms with Gasteiger partial charge in [-0.3, -0.25) is 9.20 Å². The Bertz CT molecular complexity index is 857. The van der Waals surface area contributed by atoms with Gasteiger partial charge in [-0.05, 0) is 30.5 Å². The van der Waals surface area contributed by atoms with Crippen molar-refractivity contribution in [1.82, 2.24) is 14.7 Å². The van der Waals surface area contributed by atoms with E-state index in [1.165, 1.54) is 0 Å². The van der Waals surface area contributed by atoms with E-state index in [0.717, 1.165) is 17.1 Å². The van der Waals surface area contributed by atoms with E-state index in [-0.39, 0.29) is 5.91 Å². The highest BCUT2D eigenvalue weighted by Gasteiger charge is 2.12. The van der Waals surface area contributed by atoms with Gasteiger partial charge in [0.1, 0.15) is 0 Å². The summed E-state index contributed by atoms with van der Waals surface area (Å²) in [5, 5.41) is 4.86. The fraction of sp³-hybridized carbons (Fsp3) is 0.368. The minimum atomic E-state index is -0.173. The van der Waals surface area contributed by atoms with Crippen LogP contribution in [0.5, 0.6) is 11.5 Å². The number of hydrogen-bond donors (Lipinski definition) is 1. The first-order chi connectivity index (χ1) is 12.6. The van der Waals surface area contributed by atoms with Gasteiger partial charge in [0.2, 0.25) is 0 Å². The lowest BCUT2D eigenvalue weighted by atomic mass is 10.1. The van der Waals surface area contributed by atoms with Crippen LogP contribution in [0.1, 0.15) is 36.3 Å². The normalized spacial score (nSPS) is 11.1. The second-order valence-corrected chi connectivity index (χ2v) is 7.28. The van der Waals surface area contributed by atoms with Gasteiger partial charge in [0.05, 0.1) is 26.0 Å². The van der Waals surface area contributed by atoms with Gasteiger partial charge in [-0.2, -0.15) is 0 Å². The molecule has 1 N–H and O–H groups in total. The zero-order chi connectivity index (χ0) is 18.5. The Labute approximate surface area is 156 Å². The highest BCUT2D eigenvalue weighted by molar-refractivity contribution is 7.15. The van der Waals surface area contributed by atoms with E-state index < -0.39 is 0 Å². The molecular weight excluding hydrogens is 350 g/mol. The van der Waals surface area contributed by atoms with Gasteiger partial charge in [0.25, 0.3) is 5.91 Å². The van der Waals surface area contributed by atoms with Crippen LogP contribution in [0.25, 0.3) is 4.96 Å². The van der Waals surface area contributed by atoms with E-state index in [1.807, 2.05) is 22.2 Å². The summed E-state index contributed by atoms with van der Waals surface area (Å²) in [4.78, 5) is 17.8. The van der Waals surface area contributed by atoms with Crippen molar-refractivity contribution in [3.8, 4) is 11.5 Å². The Morgan fingerprint density at radius 1 is 1.35 bits per heavy atom. The summed E-state index contributed by atoms with van der Waals surface area (Å²) in [6.07, 6.45) is 4.83. The second-order valence-electron chi connectivity index (χ2n) is 6.40. The number of thiazole rings is 1. The van der Waals surface area contributed by atoms with Crippen LogP contribution in [0, 0.1) is 5.92 Å². The molecule has 3 aromatic rings. The monoisotopic (exact) mass is 373 g/mol. The summed E-state index contributed by atoms with van der Waals surface area (Å²) in [6.45, 7) is 5.30. The zero-order valence-electron chi connectivity index (χ0n) is 15.2. The number of nitrogens with zero attached hydrogens (tertiary/aromatic N) is 2. The highest BCUT2D eigenvalue weighted by atomic mass is 32.1. The quantitative estimate of drug-likeness (QED) is 0.653. The highest BCUT2D eigenvalue weighted by Crippen LogP contribution is 2.28. The molecule has 0 saturated carbocycles. The summed E-state index contributed by atoms with van der Waals surface area (Å²) in [7, 11) is 1.57. The number of benzene rings is 1. The predicted molar refractivity (Wildman–Crippen MR) is 102 cm³/mol. The number of imidazole rings is 1. The Hall–Kier alpha value is -2.54. The largest absolute Gasteiger partial charge is 0.493 e. The van der Waals surface area contributed by atoms with Crippen molar-refractivity contribution < 1.29 is 14.3 Å². The number of carbonyl (C=O) groups excluding carboxylic acids is 1. The zero-order valence-corrected chi connectivity index (χ0v) is 16.0. The van der Waals surface area contributed by atoms with Gasteiger partial charge in [-0.15, -0.1) is 11.3 Å². The minimum absolute atomic E-state index is 0.173. The van der Waals surface area contributed by atoms with Crippen molar-refractivity contribution in [2.45, 2.75) is 26.8 Å². The fourth-order valence-electron chi connectivity index (χ4n) is 2.47. The van der Waals surface area contributed by atoms with Crippen LogP contribution in [0.3, 0.4) is 0 Å². The third-order valence-electron chi connectivity index (χ3n) is 3.95. The summed E-state index contributed by atoms with van der Waals surface area (Å²) >= 11 is 1.56. The van der Waals surface area contributed by atoms with Gasteiger partial charge < -0.3 is 14.8 Å². The maximum atomic E-state index is 12.4. The maximum absolute atomic E-state index is 12.4. The number of hydrogen-bond acceptors (Lipinski definition) is 5. The van der Waals surface area contributed by atoms with Crippen LogP contribution >= 0.6 is 11.3 Å². The number of amides is 1. The average molecular weight is 373 g/mol. The number of rotatable bonds is 8. The summed E-state index contributed by atoms with van der Waals surface area (Å²) in [5.74, 6) is 1.61. The first-order valence-electron chi connectivity index (χ1n) is 8.57. The van der Waals surface area contributed by atoms with Crippen molar-refractivity contribution in [1.29, 1.82) is 0 Å². The predicted octanol–water partition coefficient (Wildman–Crippen LogP) is 3.76. The molecule has 0 aliphatic carbocycles. The molecule has 6 nitrogen and oxygen atoms in total. The molecule has 0 spiro atoms. The van der Waals surface area contributed by atoms with Crippen LogP contribution in [-0.2, 0) is 6.54 Å². The second kappa shape index (κ2) is 8.23. The van der Waals surface area contributed by atoms with E-state index in [2.05, 4.69) is 24.1 Å². The third-order valence-corrected chi connectivity index (χ3v) is 4.72. The number of fused-ring (bicyclic) bond motifs is 1. The molecule has 0 fully saturated rings. The number of carbonyl (C=O) groups is 1. The molecular formula is C19H23N3O3S. The van der Waals surface area contributed by atoms with Crippen molar-refractivity contribution in [3.05, 3.63) is 47.2 Å². The third kappa shape index (κ3) is 4.35. The number of aromatic nitrogens is 2. The molecule has 0 aliphatic rings. The summed E-state index contributed by atoms with van der Waals surface area (Å²) in [5.41, 5.74) is 1.35. The molecule has 7 heteroatoms. The van der Waals surface area contributed by atoms with E-state index in [0.29, 0.717) is 36.1 Å². The Morgan fingerprint density at radius 2 is 2.19 bits per heavy atom. The van der Waals surface area contributed by atoms with Gasteiger partial charge >= 0.3 is 0 Å². The first kappa shape index (κ1) is 18.3. The minimum Gasteiger partial charge on any atom is -0.493 e. The molecule has 0 atom stereocenters. The molecule has 0 saturated heterocycles. The van der Waals surface area contributed by atoms with Crippen molar-refractivity contribution in [3.63, 3.8) is 0 Å². The van der Waals surface area contributed by atoms with E-state index in [4.69, 9.17) is 9.47 Å². The molecule has 3 rings (SSSR count). The van der Waals surface area contributed by atoms with Crippen LogP contribution in [0.15, 0.2) is 36.0 Å². The van der Waals surface area contributed by atoms with Crippen LogP contribution in [0.4, 0.5) is 0 Å². The molecule has 2 aromatic heterocycles. The van der Waals surface area contributed by atoms with E-state index in [1.54, 1.807) is 36.6 Å². The summed E-state index contributed by atoms with van der Waals surface area (Å²) < 4.78 is 13.1. The Morgan fingerprint density at radius 3 is 2.92 bits per heavy atom. The number of ether oxygens (including phenoxy) is 2. The van der Waals surface area contributed by atoms with Gasteiger partial charge in [0, 0.05) is 23.3 Å². The van der Waals surface area contributed by atoms with Crippen LogP contribution < -0.4 is 14.8 Å². The Kier molecular flexibility index (Phi) is 5.78. The van der Waals surface area contributed by atoms with Crippen molar-refractivity contribution in [2.24, 2.45) is 5.92 Å². The average Bonchev–Trinajstić information content (AvgIpc) is 3.21. The molecule has 1 amide bonds. The SMILES string of the molecule is COc1cc(C(=O)NCc2cn3ccsc3n2)ccc1OCCC(C)C. The molecule has 138 valence electrons. The molecule has 1 aromatic carbocycles. The van der Waals surface area contributed by atoms with Crippen molar-refractivity contribution >= 4 is 22.2 Å². The molecule has 0 aliphatic heterocycles. The molecule has 0 radical (unpaired) electrons. The lowest BCUT2D eigenvalue weighted by molar-refractivity contribution is 0.0950. The lowest BCUT2D eigenvalue weighted by Crippen LogP contribution is -2.23. The van der Waals surface area contributed by atoms with Gasteiger partial charge in [-0.25, -0.2) is 4.98 Å². The van der Waals surface area contributed by atoms with E-state index >= 15 is 0 Å². The maximum Gasteiger partial charge on any atom is 0.251 e. The Balaban J connectivity index is 1.61. The van der Waals surface area contributed by atoms with Crippen LogP contribution in [0.2, 0.25) is 0 Å². The molecule has 0 unspecified atom stereocenters. The molecule has 26 heavy (non-hydrogen) atoms. The summed E-state index contributed by atoms with van der Waals surface area (Å²) in [6, 6.07) is 5.22. The smallest absolute Gasteiger partial charge is 0.251 e. The fourth-order valence-corrected chi connectivity index (χ4v) is 3.19. The molecule has 2 heterocycles. The standard InChI is InChI=1S/C19H23N3O3S/c1-13(2)6-8-25-16-5-4-14(10-17(16)24-3)18(23)20-11-15-12-22-7-9-26-19(22)21-15/h4-5,7,9-10,12-13H,6,8,11H2,1-3H3,(H,20,23). The van der Waals surface area contributed by atoms with Crippen LogP contribution in [-0.4, -0.2) is 29.0 Å². The van der Waals surface area contributed by atoms with E-state index in [9.17, 15) is 4.79 Å². The molecule has 0 bridgehead atoms. The van der Waals surface area contributed by atoms with Crippen molar-refractivity contribution in [2.75, 3.05) is 13.7 Å². The van der Waals surface area contributed by atoms with Gasteiger partial charge in [-0.1, -0.05) is 13.8 Å². The first-order valence-corrected chi connectivity index (χ1v) is 9.45.